The molecule has 2 saturated carbocycles. The van der Waals surface area contributed by atoms with E-state index in [9.17, 15) is 9.59 Å². The maximum Gasteiger partial charge on any atom is 0.256 e. The predicted octanol–water partition coefficient (Wildman–Crippen LogP) is -0.348. The second kappa shape index (κ2) is 12.9. The van der Waals surface area contributed by atoms with Crippen molar-refractivity contribution in [1.29, 1.82) is 0 Å². The normalized spacial score (nSPS) is 34.5. The fourth-order valence-electron chi connectivity index (χ4n) is 6.95. The van der Waals surface area contributed by atoms with Crippen LogP contribution in [-0.4, -0.2) is 116 Å². The molecule has 0 aromatic heterocycles. The highest BCUT2D eigenvalue weighted by Gasteiger charge is 2.58. The first kappa shape index (κ1) is 28.3. The molecule has 5 aliphatic rings. The lowest BCUT2D eigenvalue weighted by molar-refractivity contribution is -0.197. The average Bonchev–Trinajstić information content (AvgIpc) is 2.93. The van der Waals surface area contributed by atoms with Crippen molar-refractivity contribution in [3.05, 3.63) is 11.8 Å². The van der Waals surface area contributed by atoms with E-state index in [1.165, 1.54) is 0 Å². The number of hydrogen-bond donors (Lipinski definition) is 4. The Morgan fingerprint density at radius 1 is 1.15 bits per heavy atom. The standard InChI is InChI=1S/C27H44FN7O4/c28-19-15-17-23-25(22(19)31-9-10-34-11-13-38-14-12-34)39-21-6-2-1-5-20(21)35(23)16-18(24(17)36)26(37)32-7-3-4-8-33-27(29)30/h16-17,19-23,25,31H,1-15H2,(H,32,37)(H4,29,30,33). The predicted molar refractivity (Wildman–Crippen MR) is 145 cm³/mol. The fourth-order valence-corrected chi connectivity index (χ4v) is 6.95. The quantitative estimate of drug-likeness (QED) is 0.124. The van der Waals surface area contributed by atoms with Crippen molar-refractivity contribution in [1.82, 2.24) is 20.4 Å². The maximum atomic E-state index is 15.8. The lowest BCUT2D eigenvalue weighted by Crippen LogP contribution is -2.73. The number of Topliss-reactive ketones (excluding diaryl/α,β-unsaturated/α-hetero) is 1. The third kappa shape index (κ3) is 6.39. The lowest BCUT2D eigenvalue weighted by Gasteiger charge is -2.59. The monoisotopic (exact) mass is 549 g/mol. The molecule has 5 rings (SSSR count). The summed E-state index contributed by atoms with van der Waals surface area (Å²) < 4.78 is 27.8. The molecule has 3 aliphatic heterocycles. The smallest absolute Gasteiger partial charge is 0.256 e. The number of nitrogens with zero attached hydrogens (tertiary/aromatic N) is 3. The first-order chi connectivity index (χ1) is 18.9. The minimum atomic E-state index is -1.23. The molecule has 218 valence electrons. The molecule has 0 aromatic rings. The molecule has 2 saturated heterocycles. The number of carbonyl (C=O) groups excluding carboxylic acids is 2. The third-order valence-electron chi connectivity index (χ3n) is 8.90. The maximum absolute atomic E-state index is 15.8. The van der Waals surface area contributed by atoms with E-state index < -0.39 is 30.1 Å². The largest absolute Gasteiger partial charge is 0.379 e. The Bertz CT molecular complexity index is 939. The molecule has 0 spiro atoms. The van der Waals surface area contributed by atoms with Crippen LogP contribution < -0.4 is 22.1 Å². The lowest BCUT2D eigenvalue weighted by atomic mass is 9.69. The highest BCUT2D eigenvalue weighted by Crippen LogP contribution is 2.45. The molecule has 12 heteroatoms. The van der Waals surface area contributed by atoms with Gasteiger partial charge in [-0.3, -0.25) is 19.5 Å². The summed E-state index contributed by atoms with van der Waals surface area (Å²) >= 11 is 0. The van der Waals surface area contributed by atoms with Gasteiger partial charge in [-0.1, -0.05) is 12.8 Å². The van der Waals surface area contributed by atoms with Gasteiger partial charge in [0.2, 0.25) is 0 Å². The second-order valence-electron chi connectivity index (χ2n) is 11.4. The first-order valence-corrected chi connectivity index (χ1v) is 14.6. The summed E-state index contributed by atoms with van der Waals surface area (Å²) in [6.07, 6.45) is 5.56. The number of ketones is 1. The Balaban J connectivity index is 1.28. The molecule has 7 atom stereocenters. The van der Waals surface area contributed by atoms with E-state index in [-0.39, 0.29) is 41.9 Å². The summed E-state index contributed by atoms with van der Waals surface area (Å²) in [5, 5.41) is 6.33. The molecule has 6 N–H and O–H groups in total. The number of carbonyl (C=O) groups is 2. The minimum absolute atomic E-state index is 0.0289. The molecule has 0 radical (unpaired) electrons. The Morgan fingerprint density at radius 3 is 2.74 bits per heavy atom. The first-order valence-electron chi connectivity index (χ1n) is 14.6. The number of rotatable bonds is 10. The number of aliphatic imine (C=N–C) groups is 1. The van der Waals surface area contributed by atoms with Crippen LogP contribution in [-0.2, 0) is 19.1 Å². The third-order valence-corrected chi connectivity index (χ3v) is 8.90. The number of nitrogens with two attached hydrogens (primary N) is 2. The van der Waals surface area contributed by atoms with Crippen molar-refractivity contribution in [2.75, 3.05) is 52.5 Å². The highest BCUT2D eigenvalue weighted by molar-refractivity contribution is 6.20. The highest BCUT2D eigenvalue weighted by atomic mass is 19.1. The van der Waals surface area contributed by atoms with Crippen LogP contribution in [0.4, 0.5) is 4.39 Å². The number of halogens is 1. The molecule has 0 aromatic carbocycles. The number of nitrogens with one attached hydrogen (secondary N) is 2. The number of hydrogen-bond acceptors (Lipinski definition) is 8. The zero-order valence-electron chi connectivity index (χ0n) is 22.7. The van der Waals surface area contributed by atoms with Crippen molar-refractivity contribution in [3.8, 4) is 0 Å². The number of amides is 1. The Morgan fingerprint density at radius 2 is 1.95 bits per heavy atom. The number of morpholine rings is 2. The number of fused-ring (bicyclic) bond motifs is 2. The molecule has 4 fully saturated rings. The number of unbranched alkanes of at least 4 members (excludes halogenated alkanes) is 1. The summed E-state index contributed by atoms with van der Waals surface area (Å²) in [5.74, 6) is -1.22. The molecule has 3 heterocycles. The van der Waals surface area contributed by atoms with Crippen LogP contribution in [0.25, 0.3) is 0 Å². The summed E-state index contributed by atoms with van der Waals surface area (Å²) in [5.41, 5.74) is 10.8. The molecule has 1 amide bonds. The fraction of sp³-hybridized carbons (Fsp3) is 0.815. The molecule has 2 aliphatic carbocycles. The van der Waals surface area contributed by atoms with E-state index in [1.54, 1.807) is 6.20 Å². The zero-order chi connectivity index (χ0) is 27.4. The van der Waals surface area contributed by atoms with Crippen LogP contribution in [0.2, 0.25) is 0 Å². The van der Waals surface area contributed by atoms with Gasteiger partial charge in [-0.2, -0.15) is 0 Å². The number of alkyl halides is 1. The van der Waals surface area contributed by atoms with Crippen LogP contribution in [0.5, 0.6) is 0 Å². The van der Waals surface area contributed by atoms with Crippen molar-refractivity contribution >= 4 is 17.6 Å². The van der Waals surface area contributed by atoms with Gasteiger partial charge in [0, 0.05) is 51.4 Å². The molecule has 39 heavy (non-hydrogen) atoms. The van der Waals surface area contributed by atoms with Gasteiger partial charge in [-0.15, -0.1) is 0 Å². The topological polar surface area (TPSA) is 148 Å². The van der Waals surface area contributed by atoms with Crippen LogP contribution >= 0.6 is 0 Å². The van der Waals surface area contributed by atoms with E-state index in [4.69, 9.17) is 20.9 Å². The average molecular weight is 550 g/mol. The van der Waals surface area contributed by atoms with Crippen molar-refractivity contribution in [3.63, 3.8) is 0 Å². The van der Waals surface area contributed by atoms with Crippen molar-refractivity contribution in [2.45, 2.75) is 81.5 Å². The minimum Gasteiger partial charge on any atom is -0.379 e. The van der Waals surface area contributed by atoms with E-state index in [0.29, 0.717) is 32.5 Å². The van der Waals surface area contributed by atoms with Gasteiger partial charge in [0.15, 0.2) is 11.7 Å². The summed E-state index contributed by atoms with van der Waals surface area (Å²) in [6, 6.07) is -0.650. The number of guanidine groups is 1. The van der Waals surface area contributed by atoms with Gasteiger partial charge in [-0.05, 0) is 32.1 Å². The zero-order valence-corrected chi connectivity index (χ0v) is 22.7. The van der Waals surface area contributed by atoms with Crippen LogP contribution in [0, 0.1) is 5.92 Å². The molecular weight excluding hydrogens is 505 g/mol. The molecule has 7 unspecified atom stereocenters. The van der Waals surface area contributed by atoms with E-state index in [1.807, 2.05) is 0 Å². The Kier molecular flexibility index (Phi) is 9.36. The van der Waals surface area contributed by atoms with Crippen LogP contribution in [0.15, 0.2) is 16.8 Å². The Hall–Kier alpha value is -2.28. The summed E-state index contributed by atoms with van der Waals surface area (Å²) in [6.45, 7) is 5.59. The molecular formula is C27H44FN7O4. The van der Waals surface area contributed by atoms with E-state index >= 15 is 4.39 Å². The second-order valence-corrected chi connectivity index (χ2v) is 11.4. The van der Waals surface area contributed by atoms with Crippen molar-refractivity contribution in [2.24, 2.45) is 22.4 Å². The van der Waals surface area contributed by atoms with E-state index in [2.05, 4.69) is 25.4 Å². The molecule has 0 bridgehead atoms. The Labute approximate surface area is 229 Å². The van der Waals surface area contributed by atoms with Crippen LogP contribution in [0.3, 0.4) is 0 Å². The van der Waals surface area contributed by atoms with Gasteiger partial charge < -0.3 is 36.5 Å². The summed E-state index contributed by atoms with van der Waals surface area (Å²) in [4.78, 5) is 35.2. The van der Waals surface area contributed by atoms with Gasteiger partial charge in [-0.25, -0.2) is 4.39 Å². The van der Waals surface area contributed by atoms with E-state index in [0.717, 1.165) is 58.5 Å². The molecule has 11 nitrogen and oxygen atoms in total. The van der Waals surface area contributed by atoms with Gasteiger partial charge >= 0.3 is 0 Å². The van der Waals surface area contributed by atoms with Gasteiger partial charge in [0.25, 0.3) is 5.91 Å². The van der Waals surface area contributed by atoms with Crippen molar-refractivity contribution < 1.29 is 23.5 Å². The van der Waals surface area contributed by atoms with Gasteiger partial charge in [0.05, 0.1) is 49.1 Å². The SMILES string of the molecule is NC(N)=NCCCCNC(=O)C1=CN2C3CCCCC3OC3C(NCCN4CCOCC4)C(F)CC(C1=O)C32. The van der Waals surface area contributed by atoms with Gasteiger partial charge in [0.1, 0.15) is 6.17 Å². The number of ether oxygens (including phenoxy) is 2. The summed E-state index contributed by atoms with van der Waals surface area (Å²) in [7, 11) is 0. The van der Waals surface area contributed by atoms with Crippen LogP contribution in [0.1, 0.15) is 44.9 Å².